The van der Waals surface area contributed by atoms with E-state index in [-0.39, 0.29) is 11.6 Å². The van der Waals surface area contributed by atoms with Gasteiger partial charge in [-0.2, -0.15) is 0 Å². The molecule has 0 spiro atoms. The van der Waals surface area contributed by atoms with Crippen LogP contribution in [0.2, 0.25) is 0 Å². The first kappa shape index (κ1) is 23.2. The molecule has 3 aromatic rings. The number of fused-ring (bicyclic) bond motifs is 1. The normalized spacial score (nSPS) is 18.3. The van der Waals surface area contributed by atoms with Crippen LogP contribution < -0.4 is 15.1 Å². The minimum absolute atomic E-state index is 0.111. The first-order chi connectivity index (χ1) is 16.8. The Hall–Kier alpha value is -3.59. The molecule has 0 saturated carbocycles. The van der Waals surface area contributed by atoms with Crippen molar-refractivity contribution in [1.29, 1.82) is 0 Å². The second-order valence-electron chi connectivity index (χ2n) is 9.61. The molecule has 2 aliphatic rings. The Kier molecular flexibility index (Phi) is 5.88. The first-order valence-electron chi connectivity index (χ1n) is 12.0. The third-order valence-electron chi connectivity index (χ3n) is 6.91. The Labute approximate surface area is 206 Å². The van der Waals surface area contributed by atoms with Crippen molar-refractivity contribution in [2.45, 2.75) is 45.9 Å². The van der Waals surface area contributed by atoms with Crippen LogP contribution in [0.4, 0.5) is 11.5 Å². The fourth-order valence-electron chi connectivity index (χ4n) is 4.85. The molecule has 1 fully saturated rings. The lowest BCUT2D eigenvalue weighted by molar-refractivity contribution is -0.000125. The summed E-state index contributed by atoms with van der Waals surface area (Å²) in [6, 6.07) is 8.20. The number of aryl methyl sites for hydroxylation is 2. The number of anilines is 2. The molecule has 1 unspecified atom stereocenters. The molecule has 35 heavy (non-hydrogen) atoms. The zero-order chi connectivity index (χ0) is 24.7. The summed E-state index contributed by atoms with van der Waals surface area (Å²) in [4.78, 5) is 7.30. The zero-order valence-electron chi connectivity index (χ0n) is 21.2. The summed E-state index contributed by atoms with van der Waals surface area (Å²) in [5, 5.41) is 10.3. The minimum Gasteiger partial charge on any atom is -0.492 e. The van der Waals surface area contributed by atoms with Crippen LogP contribution in [0.1, 0.15) is 37.6 Å². The second kappa shape index (κ2) is 8.88. The Bertz CT molecular complexity index is 1270. The molecule has 9 heteroatoms. The standard InChI is InChI=1S/C26H33N7O2/c1-7-35-22-13-19(24-29-27-16-31(24)5)8-9-21(22)30-32-11-10-18-12-17(2)28-25(20(18)14-32)33-15-23(34-6)26(33,3)4/h8-13,16,23,30H,7,14-15H2,1-6H3. The van der Waals surface area contributed by atoms with Gasteiger partial charge in [0.2, 0.25) is 0 Å². The average molecular weight is 476 g/mol. The molecule has 9 nitrogen and oxygen atoms in total. The second-order valence-corrected chi connectivity index (χ2v) is 9.61. The van der Waals surface area contributed by atoms with E-state index in [4.69, 9.17) is 14.5 Å². The maximum Gasteiger partial charge on any atom is 0.163 e. The lowest BCUT2D eigenvalue weighted by Gasteiger charge is -2.55. The zero-order valence-corrected chi connectivity index (χ0v) is 21.2. The largest absolute Gasteiger partial charge is 0.492 e. The van der Waals surface area contributed by atoms with Crippen molar-refractivity contribution < 1.29 is 9.47 Å². The van der Waals surface area contributed by atoms with Gasteiger partial charge in [0.1, 0.15) is 17.9 Å². The van der Waals surface area contributed by atoms with E-state index in [0.29, 0.717) is 13.2 Å². The summed E-state index contributed by atoms with van der Waals surface area (Å²) in [6.45, 7) is 10.5. The molecule has 1 atom stereocenters. The van der Waals surface area contributed by atoms with Gasteiger partial charge in [0, 0.05) is 43.7 Å². The van der Waals surface area contributed by atoms with Crippen LogP contribution in [0.15, 0.2) is 36.8 Å². The number of rotatable bonds is 7. The predicted octanol–water partition coefficient (Wildman–Crippen LogP) is 4.01. The molecule has 1 aromatic carbocycles. The van der Waals surface area contributed by atoms with E-state index in [1.54, 1.807) is 13.4 Å². The van der Waals surface area contributed by atoms with Crippen molar-refractivity contribution in [3.8, 4) is 17.1 Å². The molecule has 0 amide bonds. The molecule has 2 aliphatic heterocycles. The SMILES string of the molecule is CCOc1cc(-c2nncn2C)ccc1NN1C=Cc2cc(C)nc(N3CC(OC)C3(C)C)c2C1. The van der Waals surface area contributed by atoms with Gasteiger partial charge in [0.05, 0.1) is 30.5 Å². The third-order valence-corrected chi connectivity index (χ3v) is 6.91. The van der Waals surface area contributed by atoms with Crippen molar-refractivity contribution in [1.82, 2.24) is 24.8 Å². The number of hydrogen-bond acceptors (Lipinski definition) is 8. The highest BCUT2D eigenvalue weighted by Gasteiger charge is 2.48. The van der Waals surface area contributed by atoms with Crippen LogP contribution in [0, 0.1) is 6.92 Å². The van der Waals surface area contributed by atoms with E-state index in [9.17, 15) is 0 Å². The average Bonchev–Trinajstić information content (AvgIpc) is 3.26. The van der Waals surface area contributed by atoms with Gasteiger partial charge in [0.25, 0.3) is 0 Å². The highest BCUT2D eigenvalue weighted by Crippen LogP contribution is 2.40. The van der Waals surface area contributed by atoms with Gasteiger partial charge in [-0.1, -0.05) is 0 Å². The van der Waals surface area contributed by atoms with Crippen molar-refractivity contribution in [2.75, 3.05) is 30.6 Å². The Morgan fingerprint density at radius 1 is 1.23 bits per heavy atom. The van der Waals surface area contributed by atoms with Crippen molar-refractivity contribution in [3.05, 3.63) is 53.6 Å². The fourth-order valence-corrected chi connectivity index (χ4v) is 4.85. The maximum atomic E-state index is 5.98. The fraction of sp³-hybridized carbons (Fsp3) is 0.423. The highest BCUT2D eigenvalue weighted by molar-refractivity contribution is 5.69. The Morgan fingerprint density at radius 3 is 2.74 bits per heavy atom. The smallest absolute Gasteiger partial charge is 0.163 e. The molecule has 2 aromatic heterocycles. The van der Waals surface area contributed by atoms with Crippen LogP contribution in [0.3, 0.4) is 0 Å². The number of hydrogen-bond donors (Lipinski definition) is 1. The van der Waals surface area contributed by atoms with Crippen LogP contribution in [0.25, 0.3) is 17.5 Å². The Balaban J connectivity index is 1.42. The van der Waals surface area contributed by atoms with Crippen LogP contribution >= 0.6 is 0 Å². The van der Waals surface area contributed by atoms with E-state index in [0.717, 1.165) is 40.9 Å². The lowest BCUT2D eigenvalue weighted by atomic mass is 9.84. The van der Waals surface area contributed by atoms with Crippen molar-refractivity contribution in [2.24, 2.45) is 7.05 Å². The monoisotopic (exact) mass is 475 g/mol. The number of pyridine rings is 1. The summed E-state index contributed by atoms with van der Waals surface area (Å²) in [5.41, 5.74) is 8.66. The van der Waals surface area contributed by atoms with Gasteiger partial charge in [-0.05, 0) is 63.6 Å². The van der Waals surface area contributed by atoms with Crippen molar-refractivity contribution in [3.63, 3.8) is 0 Å². The number of ether oxygens (including phenoxy) is 2. The number of hydrazine groups is 1. The summed E-state index contributed by atoms with van der Waals surface area (Å²) < 4.78 is 13.5. The third kappa shape index (κ3) is 4.10. The molecule has 0 aliphatic carbocycles. The maximum absolute atomic E-state index is 5.98. The lowest BCUT2D eigenvalue weighted by Crippen LogP contribution is -2.69. The predicted molar refractivity (Wildman–Crippen MR) is 137 cm³/mol. The summed E-state index contributed by atoms with van der Waals surface area (Å²) in [7, 11) is 3.71. The minimum atomic E-state index is -0.111. The molecule has 1 saturated heterocycles. The first-order valence-corrected chi connectivity index (χ1v) is 12.0. The van der Waals surface area contributed by atoms with Gasteiger partial charge in [-0.3, -0.25) is 10.4 Å². The van der Waals surface area contributed by atoms with E-state index >= 15 is 0 Å². The molecule has 5 rings (SSSR count). The molecule has 1 N–H and O–H groups in total. The van der Waals surface area contributed by atoms with E-state index in [1.165, 1.54) is 11.1 Å². The molecular formula is C26H33N7O2. The number of aromatic nitrogens is 4. The van der Waals surface area contributed by atoms with Gasteiger partial charge in [-0.15, -0.1) is 10.2 Å². The molecule has 0 radical (unpaired) electrons. The van der Waals surface area contributed by atoms with Crippen molar-refractivity contribution >= 4 is 17.6 Å². The molecule has 4 heterocycles. The van der Waals surface area contributed by atoms with Gasteiger partial charge < -0.3 is 18.9 Å². The highest BCUT2D eigenvalue weighted by atomic mass is 16.5. The van der Waals surface area contributed by atoms with E-state index < -0.39 is 0 Å². The van der Waals surface area contributed by atoms with Crippen LogP contribution in [-0.4, -0.2) is 56.7 Å². The summed E-state index contributed by atoms with van der Waals surface area (Å²) in [6.07, 6.45) is 6.09. The van der Waals surface area contributed by atoms with E-state index in [1.807, 2.05) is 36.7 Å². The number of benzene rings is 1. The molecule has 0 bridgehead atoms. The molecular weight excluding hydrogens is 442 g/mol. The Morgan fingerprint density at radius 2 is 2.06 bits per heavy atom. The van der Waals surface area contributed by atoms with Crippen LogP contribution in [0.5, 0.6) is 5.75 Å². The van der Waals surface area contributed by atoms with E-state index in [2.05, 4.69) is 64.6 Å². The summed E-state index contributed by atoms with van der Waals surface area (Å²) in [5.74, 6) is 2.58. The topological polar surface area (TPSA) is 80.6 Å². The number of nitrogens with zero attached hydrogens (tertiary/aromatic N) is 6. The number of nitrogens with one attached hydrogen (secondary N) is 1. The van der Waals surface area contributed by atoms with Gasteiger partial charge in [-0.25, -0.2) is 4.98 Å². The summed E-state index contributed by atoms with van der Waals surface area (Å²) >= 11 is 0. The van der Waals surface area contributed by atoms with Gasteiger partial charge in [0.15, 0.2) is 5.82 Å². The van der Waals surface area contributed by atoms with Gasteiger partial charge >= 0.3 is 0 Å². The van der Waals surface area contributed by atoms with Crippen LogP contribution in [-0.2, 0) is 18.3 Å². The number of methoxy groups -OCH3 is 1. The quantitative estimate of drug-likeness (QED) is 0.549. The molecule has 184 valence electrons.